The summed E-state index contributed by atoms with van der Waals surface area (Å²) in [4.78, 5) is 22.4. The Labute approximate surface area is 221 Å². The number of carbonyl (C=O) groups excluding carboxylic acids is 1. The number of nitrogens with two attached hydrogens (primary N) is 1. The Morgan fingerprint density at radius 3 is 2.77 bits per heavy atom. The predicted molar refractivity (Wildman–Crippen MR) is 135 cm³/mol. The van der Waals surface area contributed by atoms with Crippen LogP contribution in [0.5, 0.6) is 5.75 Å². The number of amides is 1. The quantitative estimate of drug-likeness (QED) is 0.407. The molecule has 1 amide bonds. The molecule has 11 heteroatoms. The number of rotatable bonds is 4. The highest BCUT2D eigenvalue weighted by Crippen LogP contribution is 2.52. The summed E-state index contributed by atoms with van der Waals surface area (Å²) in [6.45, 7) is -1.12. The summed E-state index contributed by atoms with van der Waals surface area (Å²) in [5.41, 5.74) is 10.4. The van der Waals surface area contributed by atoms with Crippen molar-refractivity contribution in [2.24, 2.45) is 11.1 Å². The van der Waals surface area contributed by atoms with Crippen LogP contribution in [-0.4, -0.2) is 32.1 Å². The Balaban J connectivity index is 1.29. The number of hydrogen-bond acceptors (Lipinski definition) is 7. The molecule has 1 saturated carbocycles. The van der Waals surface area contributed by atoms with E-state index in [9.17, 15) is 18.8 Å². The molecule has 3 aliphatic rings. The molecular weight excluding hydrogens is 504 g/mol. The molecule has 0 unspecified atom stereocenters. The Morgan fingerprint density at radius 1 is 1.23 bits per heavy atom. The number of carbonyl (C=O) groups is 1. The third kappa shape index (κ3) is 3.51. The number of fused-ring (bicyclic) bond motifs is 9. The number of benzene rings is 1. The standard InChI is InChI=1S/C28H23F2N7O2/c1-27(13-31)11-28(32,12-27)20-6-5-14(10-33-20)17-7-8-37-24(34-17)22-16-9-18(23(22)36-37)35-25(38)15-3-2-4-19(21(15)16)39-26(29)30/h2-8,10,16,18,26H,9,11-12,32H2,1H3,(H,35,38)/t16-,18-,27?,28?/m1/s1. The second-order valence-corrected chi connectivity index (χ2v) is 10.9. The van der Waals surface area contributed by atoms with E-state index < -0.39 is 23.5 Å². The first kappa shape index (κ1) is 23.7. The number of pyridine rings is 1. The Hall–Kier alpha value is -4.43. The first-order chi connectivity index (χ1) is 18.7. The number of alkyl halides is 2. The van der Waals surface area contributed by atoms with Gasteiger partial charge in [0.25, 0.3) is 5.91 Å². The van der Waals surface area contributed by atoms with Crippen molar-refractivity contribution in [2.45, 2.75) is 50.3 Å². The van der Waals surface area contributed by atoms with Crippen LogP contribution >= 0.6 is 0 Å². The maximum atomic E-state index is 13.3. The van der Waals surface area contributed by atoms with Crippen LogP contribution in [0.15, 0.2) is 48.8 Å². The average Bonchev–Trinajstić information content (AvgIpc) is 3.39. The number of nitrogens with one attached hydrogen (secondary N) is 1. The van der Waals surface area contributed by atoms with Crippen LogP contribution in [0.25, 0.3) is 16.9 Å². The first-order valence-electron chi connectivity index (χ1n) is 12.6. The zero-order chi connectivity index (χ0) is 27.1. The van der Waals surface area contributed by atoms with E-state index in [-0.39, 0.29) is 17.7 Å². The summed E-state index contributed by atoms with van der Waals surface area (Å²) in [5, 5.41) is 17.0. The van der Waals surface area contributed by atoms with Crippen molar-refractivity contribution in [2.75, 3.05) is 0 Å². The second kappa shape index (κ2) is 8.04. The number of halogens is 2. The Morgan fingerprint density at radius 2 is 2.05 bits per heavy atom. The third-order valence-electron chi connectivity index (χ3n) is 8.13. The number of nitrogens with zero attached hydrogens (tertiary/aromatic N) is 5. The van der Waals surface area contributed by atoms with Crippen LogP contribution < -0.4 is 15.8 Å². The molecule has 3 aromatic heterocycles. The van der Waals surface area contributed by atoms with Crippen molar-refractivity contribution in [1.29, 1.82) is 5.26 Å². The van der Waals surface area contributed by atoms with E-state index in [2.05, 4.69) is 21.5 Å². The van der Waals surface area contributed by atoms with E-state index in [0.29, 0.717) is 47.4 Å². The summed E-state index contributed by atoms with van der Waals surface area (Å²) in [6.07, 6.45) is 5.07. The van der Waals surface area contributed by atoms with Gasteiger partial charge in [-0.3, -0.25) is 9.78 Å². The average molecular weight is 528 g/mol. The molecule has 2 atom stereocenters. The molecule has 2 aliphatic carbocycles. The number of hydrogen-bond donors (Lipinski definition) is 2. The van der Waals surface area contributed by atoms with Gasteiger partial charge in [-0.25, -0.2) is 9.50 Å². The fraction of sp³-hybridized carbons (Fsp3) is 0.321. The fourth-order valence-corrected chi connectivity index (χ4v) is 6.55. The Bertz CT molecular complexity index is 1700. The molecule has 9 nitrogen and oxygen atoms in total. The molecule has 1 aliphatic heterocycles. The highest BCUT2D eigenvalue weighted by molar-refractivity contribution is 5.98. The lowest BCUT2D eigenvalue weighted by Crippen LogP contribution is -2.54. The highest BCUT2D eigenvalue weighted by Gasteiger charge is 2.51. The van der Waals surface area contributed by atoms with Crippen LogP contribution in [0.3, 0.4) is 0 Å². The predicted octanol–water partition coefficient (Wildman–Crippen LogP) is 4.19. The molecule has 1 fully saturated rings. The molecule has 0 spiro atoms. The zero-order valence-electron chi connectivity index (χ0n) is 20.9. The Kier molecular flexibility index (Phi) is 4.88. The molecule has 2 bridgehead atoms. The van der Waals surface area contributed by atoms with Crippen molar-refractivity contribution in [1.82, 2.24) is 24.9 Å². The van der Waals surface area contributed by atoms with Crippen molar-refractivity contribution < 1.29 is 18.3 Å². The molecule has 39 heavy (non-hydrogen) atoms. The maximum absolute atomic E-state index is 13.3. The summed E-state index contributed by atoms with van der Waals surface area (Å²) in [5.74, 6) is -0.774. The van der Waals surface area contributed by atoms with Crippen molar-refractivity contribution in [3.63, 3.8) is 0 Å². The smallest absolute Gasteiger partial charge is 0.387 e. The first-order valence-corrected chi connectivity index (χ1v) is 12.6. The van der Waals surface area contributed by atoms with Gasteiger partial charge in [-0.05, 0) is 56.5 Å². The van der Waals surface area contributed by atoms with Gasteiger partial charge in [0.15, 0.2) is 5.65 Å². The van der Waals surface area contributed by atoms with E-state index in [1.165, 1.54) is 12.1 Å². The zero-order valence-corrected chi connectivity index (χ0v) is 20.9. The molecule has 196 valence electrons. The van der Waals surface area contributed by atoms with E-state index in [1.54, 1.807) is 23.0 Å². The van der Waals surface area contributed by atoms with Gasteiger partial charge in [0.05, 0.1) is 40.1 Å². The topological polar surface area (TPSA) is 131 Å². The molecule has 3 N–H and O–H groups in total. The lowest BCUT2D eigenvalue weighted by atomic mass is 9.58. The van der Waals surface area contributed by atoms with Crippen LogP contribution in [0, 0.1) is 16.7 Å². The van der Waals surface area contributed by atoms with Gasteiger partial charge >= 0.3 is 6.61 Å². The van der Waals surface area contributed by atoms with E-state index in [1.807, 2.05) is 25.1 Å². The number of aromatic nitrogens is 4. The van der Waals surface area contributed by atoms with Gasteiger partial charge in [0.2, 0.25) is 0 Å². The van der Waals surface area contributed by atoms with Gasteiger partial charge in [0.1, 0.15) is 5.75 Å². The summed E-state index contributed by atoms with van der Waals surface area (Å²) in [7, 11) is 0. The molecule has 4 heterocycles. The summed E-state index contributed by atoms with van der Waals surface area (Å²) < 4.78 is 33.0. The van der Waals surface area contributed by atoms with Crippen molar-refractivity contribution in [3.05, 3.63) is 76.9 Å². The van der Waals surface area contributed by atoms with E-state index in [4.69, 9.17) is 15.5 Å². The van der Waals surface area contributed by atoms with Gasteiger partial charge in [-0.1, -0.05) is 6.07 Å². The second-order valence-electron chi connectivity index (χ2n) is 10.9. The summed E-state index contributed by atoms with van der Waals surface area (Å²) >= 11 is 0. The van der Waals surface area contributed by atoms with Crippen molar-refractivity contribution in [3.8, 4) is 23.1 Å². The normalized spacial score (nSPS) is 26.8. The van der Waals surface area contributed by atoms with Gasteiger partial charge < -0.3 is 15.8 Å². The molecule has 0 radical (unpaired) electrons. The lowest BCUT2D eigenvalue weighted by molar-refractivity contribution is -0.0505. The fourth-order valence-electron chi connectivity index (χ4n) is 6.55. The number of nitriles is 1. The van der Waals surface area contributed by atoms with Crippen LogP contribution in [-0.2, 0) is 5.54 Å². The monoisotopic (exact) mass is 527 g/mol. The van der Waals surface area contributed by atoms with E-state index in [0.717, 1.165) is 16.8 Å². The van der Waals surface area contributed by atoms with Crippen molar-refractivity contribution >= 4 is 11.6 Å². The van der Waals surface area contributed by atoms with Gasteiger partial charge in [0, 0.05) is 40.6 Å². The molecule has 7 rings (SSSR count). The molecule has 0 saturated heterocycles. The van der Waals surface area contributed by atoms with Crippen LogP contribution in [0.4, 0.5) is 8.78 Å². The largest absolute Gasteiger partial charge is 0.434 e. The van der Waals surface area contributed by atoms with Gasteiger partial charge in [-0.2, -0.15) is 19.1 Å². The van der Waals surface area contributed by atoms with E-state index >= 15 is 0 Å². The SMILES string of the molecule is CC1(C#N)CC(N)(c2ccc(-c3ccn4nc5c(c4n3)[C@@H]3C[C@H]5NC(=O)c4cccc(OC(F)F)c43)cn2)C1. The summed E-state index contributed by atoms with van der Waals surface area (Å²) in [6, 6.07) is 12.2. The minimum absolute atomic E-state index is 0.0225. The molecule has 4 aromatic rings. The van der Waals surface area contributed by atoms with Gasteiger partial charge in [-0.15, -0.1) is 0 Å². The molecule has 1 aromatic carbocycles. The molecular formula is C28H23F2N7O2. The maximum Gasteiger partial charge on any atom is 0.387 e. The minimum atomic E-state index is -3.02. The van der Waals surface area contributed by atoms with Crippen LogP contribution in [0.1, 0.15) is 71.0 Å². The minimum Gasteiger partial charge on any atom is -0.434 e. The third-order valence-corrected chi connectivity index (χ3v) is 8.13. The highest BCUT2D eigenvalue weighted by atomic mass is 19.3. The number of ether oxygens (including phenoxy) is 1. The lowest BCUT2D eigenvalue weighted by Gasteiger charge is -2.48. The van der Waals surface area contributed by atoms with Crippen LogP contribution in [0.2, 0.25) is 0 Å².